The zero-order valence-electron chi connectivity index (χ0n) is 11.1. The number of rotatable bonds is 5. The molecule has 0 spiro atoms. The van der Waals surface area contributed by atoms with E-state index in [4.69, 9.17) is 4.74 Å². The third kappa shape index (κ3) is 3.60. The number of unbranched alkanes of at least 4 members (excludes halogenated alkanes) is 1. The van der Waals surface area contributed by atoms with E-state index in [2.05, 4.69) is 49.4 Å². The second-order valence-electron chi connectivity index (χ2n) is 4.47. The summed E-state index contributed by atoms with van der Waals surface area (Å²) in [5, 5.41) is 0. The first-order valence-electron chi connectivity index (χ1n) is 6.58. The van der Waals surface area contributed by atoms with Crippen molar-refractivity contribution >= 4 is 0 Å². The van der Waals surface area contributed by atoms with E-state index in [1.165, 1.54) is 29.5 Å². The number of methoxy groups -OCH3 is 1. The summed E-state index contributed by atoms with van der Waals surface area (Å²) < 4.78 is 5.63. The van der Waals surface area contributed by atoms with Gasteiger partial charge < -0.3 is 4.74 Å². The van der Waals surface area contributed by atoms with E-state index >= 15 is 0 Å². The minimum absolute atomic E-state index is 0. The van der Waals surface area contributed by atoms with E-state index in [9.17, 15) is 0 Å². The highest BCUT2D eigenvalue weighted by molar-refractivity contribution is 5.72. The molecule has 0 amide bonds. The summed E-state index contributed by atoms with van der Waals surface area (Å²) in [6, 6.07) is 16.8. The van der Waals surface area contributed by atoms with E-state index in [-0.39, 0.29) is 7.43 Å². The first kappa shape index (κ1) is 15.3. The van der Waals surface area contributed by atoms with Crippen LogP contribution in [0.4, 0.5) is 0 Å². The zero-order chi connectivity index (χ0) is 12.8. The van der Waals surface area contributed by atoms with E-state index in [1.54, 1.807) is 7.11 Å². The normalized spacial score (nSPS) is 9.79. The fourth-order valence-corrected chi connectivity index (χ4v) is 2.24. The lowest BCUT2D eigenvalue weighted by atomic mass is 9.99. The van der Waals surface area contributed by atoms with Crippen molar-refractivity contribution in [3.63, 3.8) is 0 Å². The Labute approximate surface area is 117 Å². The largest absolute Gasteiger partial charge is 0.496 e. The SMILES string of the molecule is C.CCCCc1cccc(-c2ccccc2)c1OC. The Bertz CT molecular complexity index is 488. The van der Waals surface area contributed by atoms with Crippen molar-refractivity contribution in [3.05, 3.63) is 54.1 Å². The summed E-state index contributed by atoms with van der Waals surface area (Å²) in [5.74, 6) is 1.03. The van der Waals surface area contributed by atoms with Gasteiger partial charge in [-0.25, -0.2) is 0 Å². The Morgan fingerprint density at radius 1 is 0.947 bits per heavy atom. The van der Waals surface area contributed by atoms with Crippen LogP contribution in [0.25, 0.3) is 11.1 Å². The van der Waals surface area contributed by atoms with Crippen LogP contribution in [0.15, 0.2) is 48.5 Å². The number of ether oxygens (including phenoxy) is 1. The van der Waals surface area contributed by atoms with Gasteiger partial charge in [0, 0.05) is 5.56 Å². The van der Waals surface area contributed by atoms with Gasteiger partial charge in [-0.05, 0) is 24.0 Å². The number of para-hydroxylation sites is 1. The van der Waals surface area contributed by atoms with Crippen molar-refractivity contribution < 1.29 is 4.74 Å². The third-order valence-corrected chi connectivity index (χ3v) is 3.19. The van der Waals surface area contributed by atoms with Crippen LogP contribution >= 0.6 is 0 Å². The van der Waals surface area contributed by atoms with Gasteiger partial charge in [-0.15, -0.1) is 0 Å². The molecule has 2 rings (SSSR count). The Morgan fingerprint density at radius 2 is 1.68 bits per heavy atom. The monoisotopic (exact) mass is 256 g/mol. The molecule has 2 aromatic carbocycles. The Balaban J connectivity index is 0.00000180. The van der Waals surface area contributed by atoms with Gasteiger partial charge in [-0.3, -0.25) is 0 Å². The van der Waals surface area contributed by atoms with Gasteiger partial charge in [0.1, 0.15) is 5.75 Å². The second kappa shape index (κ2) is 7.63. The molecule has 0 aliphatic rings. The van der Waals surface area contributed by atoms with Crippen molar-refractivity contribution in [2.24, 2.45) is 0 Å². The topological polar surface area (TPSA) is 9.23 Å². The summed E-state index contributed by atoms with van der Waals surface area (Å²) in [6.45, 7) is 2.22. The fraction of sp³-hybridized carbons (Fsp3) is 0.333. The van der Waals surface area contributed by atoms with E-state index < -0.39 is 0 Å². The van der Waals surface area contributed by atoms with Crippen LogP contribution in [0.3, 0.4) is 0 Å². The molecule has 1 heteroatoms. The molecule has 102 valence electrons. The quantitative estimate of drug-likeness (QED) is 0.701. The lowest BCUT2D eigenvalue weighted by Crippen LogP contribution is -1.95. The van der Waals surface area contributed by atoms with Crippen LogP contribution in [-0.2, 0) is 6.42 Å². The molecule has 19 heavy (non-hydrogen) atoms. The van der Waals surface area contributed by atoms with E-state index in [1.807, 2.05) is 6.07 Å². The van der Waals surface area contributed by atoms with Crippen LogP contribution in [-0.4, -0.2) is 7.11 Å². The highest BCUT2D eigenvalue weighted by atomic mass is 16.5. The lowest BCUT2D eigenvalue weighted by Gasteiger charge is -2.13. The van der Waals surface area contributed by atoms with Crippen molar-refractivity contribution in [2.75, 3.05) is 7.11 Å². The third-order valence-electron chi connectivity index (χ3n) is 3.19. The molecular formula is C18H24O. The standard InChI is InChI=1S/C17H20O.CH4/c1-3-4-9-15-12-8-13-16(17(15)18-2)14-10-6-5-7-11-14;/h5-8,10-13H,3-4,9H2,1-2H3;1H4. The molecule has 0 fully saturated rings. The maximum Gasteiger partial charge on any atom is 0.129 e. The minimum Gasteiger partial charge on any atom is -0.496 e. The van der Waals surface area contributed by atoms with Crippen LogP contribution < -0.4 is 4.74 Å². The van der Waals surface area contributed by atoms with Crippen LogP contribution in [0.2, 0.25) is 0 Å². The van der Waals surface area contributed by atoms with Gasteiger partial charge in [0.2, 0.25) is 0 Å². The molecule has 0 atom stereocenters. The maximum atomic E-state index is 5.63. The van der Waals surface area contributed by atoms with Crippen LogP contribution in [0, 0.1) is 0 Å². The van der Waals surface area contributed by atoms with E-state index in [0.29, 0.717) is 0 Å². The fourth-order valence-electron chi connectivity index (χ4n) is 2.24. The van der Waals surface area contributed by atoms with Crippen molar-refractivity contribution in [1.82, 2.24) is 0 Å². The highest BCUT2D eigenvalue weighted by Crippen LogP contribution is 2.33. The van der Waals surface area contributed by atoms with Crippen molar-refractivity contribution in [1.29, 1.82) is 0 Å². The smallest absolute Gasteiger partial charge is 0.129 e. The summed E-state index contributed by atoms with van der Waals surface area (Å²) in [7, 11) is 1.76. The summed E-state index contributed by atoms with van der Waals surface area (Å²) >= 11 is 0. The van der Waals surface area contributed by atoms with Crippen molar-refractivity contribution in [3.8, 4) is 16.9 Å². The molecule has 0 aromatic heterocycles. The predicted molar refractivity (Wildman–Crippen MR) is 83.8 cm³/mol. The molecule has 0 radical (unpaired) electrons. The molecule has 0 saturated carbocycles. The van der Waals surface area contributed by atoms with Gasteiger partial charge in [0.15, 0.2) is 0 Å². The van der Waals surface area contributed by atoms with Gasteiger partial charge in [0.05, 0.1) is 7.11 Å². The molecule has 0 aliphatic carbocycles. The average Bonchev–Trinajstić information content (AvgIpc) is 2.45. The molecule has 1 nitrogen and oxygen atoms in total. The molecule has 0 unspecified atom stereocenters. The molecule has 0 saturated heterocycles. The Kier molecular flexibility index (Phi) is 6.14. The van der Waals surface area contributed by atoms with Gasteiger partial charge >= 0.3 is 0 Å². The zero-order valence-corrected chi connectivity index (χ0v) is 11.1. The average molecular weight is 256 g/mol. The number of aryl methyl sites for hydroxylation is 1. The number of benzene rings is 2. The maximum absolute atomic E-state index is 5.63. The molecule has 0 aliphatic heterocycles. The minimum atomic E-state index is 0. The predicted octanol–water partition coefficient (Wildman–Crippen LogP) is 5.34. The van der Waals surface area contributed by atoms with E-state index in [0.717, 1.165) is 12.2 Å². The second-order valence-corrected chi connectivity index (χ2v) is 4.47. The van der Waals surface area contributed by atoms with Gasteiger partial charge in [-0.2, -0.15) is 0 Å². The number of hydrogen-bond acceptors (Lipinski definition) is 1. The highest BCUT2D eigenvalue weighted by Gasteiger charge is 2.09. The van der Waals surface area contributed by atoms with Crippen LogP contribution in [0.5, 0.6) is 5.75 Å². The van der Waals surface area contributed by atoms with Crippen LogP contribution in [0.1, 0.15) is 32.8 Å². The summed E-state index contributed by atoms with van der Waals surface area (Å²) in [6.07, 6.45) is 3.49. The van der Waals surface area contributed by atoms with Crippen molar-refractivity contribution in [2.45, 2.75) is 33.6 Å². The Morgan fingerprint density at radius 3 is 2.32 bits per heavy atom. The Hall–Kier alpha value is -1.76. The first-order valence-corrected chi connectivity index (χ1v) is 6.58. The number of hydrogen-bond donors (Lipinski definition) is 0. The first-order chi connectivity index (χ1) is 8.86. The van der Waals surface area contributed by atoms with Gasteiger partial charge in [-0.1, -0.05) is 69.3 Å². The molecule has 0 N–H and O–H groups in total. The molecule has 0 bridgehead atoms. The molecule has 2 aromatic rings. The summed E-state index contributed by atoms with van der Waals surface area (Å²) in [4.78, 5) is 0. The van der Waals surface area contributed by atoms with Gasteiger partial charge in [0.25, 0.3) is 0 Å². The molecular weight excluding hydrogens is 232 g/mol. The summed E-state index contributed by atoms with van der Waals surface area (Å²) in [5.41, 5.74) is 3.71. The lowest BCUT2D eigenvalue weighted by molar-refractivity contribution is 0.410. The molecule has 0 heterocycles.